The highest BCUT2D eigenvalue weighted by Gasteiger charge is 2.50. The molecule has 10 N–H and O–H groups in total. The first-order valence-corrected chi connectivity index (χ1v) is 13.1. The molecule has 21 heteroatoms. The van der Waals surface area contributed by atoms with Gasteiger partial charge in [-0.05, 0) is 6.07 Å². The van der Waals surface area contributed by atoms with Crippen LogP contribution >= 0.6 is 7.82 Å². The first-order chi connectivity index (χ1) is 18.9. The minimum absolute atomic E-state index is 0.0534. The lowest BCUT2D eigenvalue weighted by atomic mass is 10.1. The molecule has 0 bridgehead atoms. The van der Waals surface area contributed by atoms with Crippen molar-refractivity contribution >= 4 is 30.8 Å². The Kier molecular flexibility index (Phi) is 7.48. The van der Waals surface area contributed by atoms with Crippen molar-refractivity contribution < 1.29 is 48.4 Å². The molecule has 0 radical (unpaired) electrons. The molecule has 0 aliphatic carbocycles. The van der Waals surface area contributed by atoms with E-state index in [0.717, 1.165) is 21.7 Å². The fourth-order valence-corrected chi connectivity index (χ4v) is 5.34. The summed E-state index contributed by atoms with van der Waals surface area (Å²) in [6, 6.07) is 1.24. The van der Waals surface area contributed by atoms with Gasteiger partial charge in [0, 0.05) is 6.20 Å². The van der Waals surface area contributed by atoms with Crippen LogP contribution in [0.15, 0.2) is 28.2 Å². The predicted molar refractivity (Wildman–Crippen MR) is 129 cm³/mol. The molecule has 2 saturated heterocycles. The first-order valence-electron chi connectivity index (χ1n) is 11.6. The van der Waals surface area contributed by atoms with Crippen molar-refractivity contribution in [3.63, 3.8) is 0 Å². The smallest absolute Gasteiger partial charge is 0.394 e. The Labute approximate surface area is 222 Å². The minimum atomic E-state index is -5.08. The van der Waals surface area contributed by atoms with Gasteiger partial charge in [0.1, 0.15) is 42.4 Å². The summed E-state index contributed by atoms with van der Waals surface area (Å²) in [5, 5.41) is 41.0. The Morgan fingerprint density at radius 3 is 2.48 bits per heavy atom. The van der Waals surface area contributed by atoms with Crippen molar-refractivity contribution in [2.24, 2.45) is 0 Å². The number of nitrogens with zero attached hydrogens (tertiary/aromatic N) is 5. The minimum Gasteiger partial charge on any atom is -0.394 e. The average Bonchev–Trinajstić information content (AvgIpc) is 3.53. The molecule has 1 unspecified atom stereocenters. The lowest BCUT2D eigenvalue weighted by Crippen LogP contribution is -2.38. The van der Waals surface area contributed by atoms with Crippen LogP contribution in [0.1, 0.15) is 12.5 Å². The van der Waals surface area contributed by atoms with Gasteiger partial charge in [-0.15, -0.1) is 0 Å². The van der Waals surface area contributed by atoms with Crippen molar-refractivity contribution in [3.05, 3.63) is 39.4 Å². The number of aromatic nitrogens is 6. The van der Waals surface area contributed by atoms with E-state index in [2.05, 4.69) is 19.9 Å². The van der Waals surface area contributed by atoms with E-state index in [9.17, 15) is 39.5 Å². The maximum Gasteiger partial charge on any atom is 0.472 e. The number of nitrogens with one attached hydrogen (secondary N) is 1. The van der Waals surface area contributed by atoms with Crippen molar-refractivity contribution in [2.45, 2.75) is 49.1 Å². The number of aromatic amines is 1. The number of aliphatic hydroxyl groups is 4. The molecule has 3 aromatic rings. The van der Waals surface area contributed by atoms with Gasteiger partial charge >= 0.3 is 13.5 Å². The summed E-state index contributed by atoms with van der Waals surface area (Å²) in [7, 11) is -5.08. The molecule has 40 heavy (non-hydrogen) atoms. The number of imidazole rings is 1. The molecule has 2 fully saturated rings. The summed E-state index contributed by atoms with van der Waals surface area (Å²) in [6.45, 7) is -1.52. The molecule has 20 nitrogen and oxygen atoms in total. The van der Waals surface area contributed by atoms with Gasteiger partial charge in [0.15, 0.2) is 23.6 Å². The number of phosphoric ester groups is 1. The number of hydrogen-bond acceptors (Lipinski definition) is 16. The third-order valence-electron chi connectivity index (χ3n) is 6.34. The lowest BCUT2D eigenvalue weighted by Gasteiger charge is -2.25. The van der Waals surface area contributed by atoms with Gasteiger partial charge in [-0.25, -0.2) is 14.3 Å². The highest BCUT2D eigenvalue weighted by Crippen LogP contribution is 2.49. The zero-order valence-corrected chi connectivity index (χ0v) is 21.1. The molecule has 5 rings (SSSR count). The fourth-order valence-electron chi connectivity index (χ4n) is 4.40. The van der Waals surface area contributed by atoms with E-state index in [1.165, 1.54) is 6.07 Å². The Bertz CT molecular complexity index is 1560. The van der Waals surface area contributed by atoms with Crippen LogP contribution in [0.25, 0.3) is 11.2 Å². The van der Waals surface area contributed by atoms with Crippen molar-refractivity contribution in [3.8, 4) is 0 Å². The summed E-state index contributed by atoms with van der Waals surface area (Å²) in [6.07, 6.45) is -9.89. The second kappa shape index (κ2) is 10.6. The molecule has 0 aromatic carbocycles. The summed E-state index contributed by atoms with van der Waals surface area (Å²) >= 11 is 0. The third-order valence-corrected chi connectivity index (χ3v) is 7.32. The van der Waals surface area contributed by atoms with Crippen molar-refractivity contribution in [2.75, 3.05) is 24.7 Å². The molecular formula is C19H25N8O12P. The quantitative estimate of drug-likeness (QED) is 0.116. The van der Waals surface area contributed by atoms with Crippen molar-refractivity contribution in [1.82, 2.24) is 29.1 Å². The number of aliphatic hydroxyl groups excluding tert-OH is 4. The van der Waals surface area contributed by atoms with Gasteiger partial charge in [0.05, 0.1) is 19.5 Å². The third kappa shape index (κ3) is 5.12. The molecule has 0 saturated carbocycles. The average molecular weight is 588 g/mol. The number of phosphoric acid groups is 1. The van der Waals surface area contributed by atoms with Gasteiger partial charge in [-0.1, -0.05) is 0 Å². The number of nitrogen functional groups attached to an aromatic ring is 2. The van der Waals surface area contributed by atoms with E-state index >= 15 is 0 Å². The molecule has 2 aliphatic heterocycles. The largest absolute Gasteiger partial charge is 0.472 e. The van der Waals surface area contributed by atoms with Gasteiger partial charge in [0.2, 0.25) is 5.95 Å². The lowest BCUT2D eigenvalue weighted by molar-refractivity contribution is -0.0635. The summed E-state index contributed by atoms with van der Waals surface area (Å²) in [4.78, 5) is 48.3. The SMILES string of the molecule is Nc1ccn([C@@H]2O[C@H](CO)[C@@H](O)[C@H]2OP(=O)(O)OC[C@H]2O[C@@H](n3cnc4c(=O)[nH]c(N)nc43)[C@H](O)[C@@H]2O)c(=O)n1. The predicted octanol–water partition coefficient (Wildman–Crippen LogP) is -4.09. The standard InChI is InChI=1S/C19H25N8O12P/c20-8-1-2-26(19(33)23-8)17-13(11(30)6(3-28)37-17)39-40(34,35)36-4-7-10(29)12(31)16(38-7)27-5-22-9-14(27)24-18(21)25-15(9)32/h1-2,5-7,10-13,16-17,28-31H,3-4H2,(H,34,35)(H2,20,23,33)(H3,21,24,25,32)/t6-,7-,10-,11-,12-,13-,16-,17-/m1/s1. The van der Waals surface area contributed by atoms with Gasteiger partial charge < -0.3 is 46.3 Å². The summed E-state index contributed by atoms with van der Waals surface area (Å²) in [5.41, 5.74) is 9.30. The number of rotatable bonds is 8. The number of anilines is 2. The van der Waals surface area contributed by atoms with Crippen LogP contribution in [0.2, 0.25) is 0 Å². The van der Waals surface area contributed by atoms with E-state index in [-0.39, 0.29) is 22.9 Å². The number of H-pyrrole nitrogens is 1. The summed E-state index contributed by atoms with van der Waals surface area (Å²) in [5.74, 6) is -0.347. The highest BCUT2D eigenvalue weighted by molar-refractivity contribution is 7.47. The molecule has 0 spiro atoms. The van der Waals surface area contributed by atoms with Gasteiger partial charge in [-0.2, -0.15) is 9.97 Å². The van der Waals surface area contributed by atoms with Crippen LogP contribution in [0.3, 0.4) is 0 Å². The van der Waals surface area contributed by atoms with E-state index in [1.54, 1.807) is 0 Å². The molecule has 0 amide bonds. The maximum absolute atomic E-state index is 12.8. The number of hydrogen-bond donors (Lipinski definition) is 8. The van der Waals surface area contributed by atoms with Gasteiger partial charge in [0.25, 0.3) is 5.56 Å². The van der Waals surface area contributed by atoms with Crippen LogP contribution in [-0.4, -0.2) is 104 Å². The maximum atomic E-state index is 12.8. The number of nitrogens with two attached hydrogens (primary N) is 2. The second-order valence-corrected chi connectivity index (χ2v) is 10.3. The van der Waals surface area contributed by atoms with E-state index in [1.807, 2.05) is 0 Å². The van der Waals surface area contributed by atoms with Crippen LogP contribution in [0.5, 0.6) is 0 Å². The molecule has 218 valence electrons. The van der Waals surface area contributed by atoms with E-state index in [0.29, 0.717) is 0 Å². The monoisotopic (exact) mass is 588 g/mol. The molecule has 9 atom stereocenters. The van der Waals surface area contributed by atoms with Crippen LogP contribution in [0, 0.1) is 0 Å². The first kappa shape index (κ1) is 28.2. The van der Waals surface area contributed by atoms with E-state index in [4.69, 9.17) is 30.0 Å². The highest BCUT2D eigenvalue weighted by atomic mass is 31.2. The number of ether oxygens (including phenoxy) is 2. The van der Waals surface area contributed by atoms with Crippen LogP contribution < -0.4 is 22.7 Å². The Morgan fingerprint density at radius 1 is 1.05 bits per heavy atom. The van der Waals surface area contributed by atoms with Crippen LogP contribution in [0.4, 0.5) is 11.8 Å². The van der Waals surface area contributed by atoms with Crippen LogP contribution in [-0.2, 0) is 23.1 Å². The van der Waals surface area contributed by atoms with Crippen molar-refractivity contribution in [1.29, 1.82) is 0 Å². The Morgan fingerprint density at radius 2 is 1.77 bits per heavy atom. The summed E-state index contributed by atoms with van der Waals surface area (Å²) < 4.78 is 35.9. The second-order valence-electron chi connectivity index (χ2n) is 8.94. The fraction of sp³-hybridized carbons (Fsp3) is 0.526. The zero-order chi connectivity index (χ0) is 28.9. The van der Waals surface area contributed by atoms with E-state index < -0.39 is 81.4 Å². The van der Waals surface area contributed by atoms with Gasteiger partial charge in [-0.3, -0.25) is 28.0 Å². The number of fused-ring (bicyclic) bond motifs is 1. The normalized spacial score (nSPS) is 32.0. The molecule has 2 aliphatic rings. The topological polar surface area (TPSA) is 306 Å². The molecule has 3 aromatic heterocycles. The zero-order valence-electron chi connectivity index (χ0n) is 20.2. The Hall–Kier alpha value is -3.30. The molecule has 5 heterocycles. The molecular weight excluding hydrogens is 563 g/mol. The Balaban J connectivity index is 1.30.